The fourth-order valence-electron chi connectivity index (χ4n) is 1.75. The molecule has 0 radical (unpaired) electrons. The lowest BCUT2D eigenvalue weighted by molar-refractivity contribution is 0.535. The highest BCUT2D eigenvalue weighted by Crippen LogP contribution is 2.29. The zero-order chi connectivity index (χ0) is 10.8. The predicted octanol–water partition coefficient (Wildman–Crippen LogP) is 2.51. The summed E-state index contributed by atoms with van der Waals surface area (Å²) in [6.07, 6.45) is 3.66. The molecule has 0 unspecified atom stereocenters. The Balaban J connectivity index is 2.49. The van der Waals surface area contributed by atoms with Crippen molar-refractivity contribution < 1.29 is 4.42 Å². The van der Waals surface area contributed by atoms with Gasteiger partial charge in [0, 0.05) is 11.1 Å². The lowest BCUT2D eigenvalue weighted by Crippen LogP contribution is -1.92. The molecule has 0 aliphatic rings. The summed E-state index contributed by atoms with van der Waals surface area (Å²) in [4.78, 5) is 0. The van der Waals surface area contributed by atoms with Gasteiger partial charge in [0.15, 0.2) is 0 Å². The molecule has 0 aliphatic heterocycles. The van der Waals surface area contributed by atoms with Crippen LogP contribution in [-0.4, -0.2) is 10.2 Å². The largest absolute Gasteiger partial charge is 0.469 e. The standard InChI is InChI=1S/C11H15N3O/c1-3-4-9-10(13-14-11(9)12)8-5-6-15-7(8)2/h5-6H,3-4H2,1-2H3,(H3,12,13,14). The smallest absolute Gasteiger partial charge is 0.149 e. The van der Waals surface area contributed by atoms with Gasteiger partial charge in [-0.3, -0.25) is 5.10 Å². The summed E-state index contributed by atoms with van der Waals surface area (Å²) in [6.45, 7) is 4.06. The number of furan rings is 1. The van der Waals surface area contributed by atoms with Crippen LogP contribution in [-0.2, 0) is 6.42 Å². The molecule has 2 aromatic heterocycles. The minimum atomic E-state index is 0.590. The third kappa shape index (κ3) is 1.63. The molecule has 15 heavy (non-hydrogen) atoms. The first-order valence-corrected chi connectivity index (χ1v) is 5.11. The zero-order valence-corrected chi connectivity index (χ0v) is 9.00. The van der Waals surface area contributed by atoms with E-state index in [2.05, 4.69) is 17.1 Å². The number of nitrogens with zero attached hydrogens (tertiary/aromatic N) is 1. The van der Waals surface area contributed by atoms with Crippen molar-refractivity contribution in [3.05, 3.63) is 23.7 Å². The Kier molecular flexibility index (Phi) is 2.49. The van der Waals surface area contributed by atoms with Crippen LogP contribution < -0.4 is 5.73 Å². The number of anilines is 1. The Hall–Kier alpha value is -1.71. The summed E-state index contributed by atoms with van der Waals surface area (Å²) in [5.41, 5.74) is 8.93. The van der Waals surface area contributed by atoms with Crippen LogP contribution in [0.25, 0.3) is 11.3 Å². The Morgan fingerprint density at radius 1 is 1.53 bits per heavy atom. The van der Waals surface area contributed by atoms with Gasteiger partial charge in [-0.1, -0.05) is 13.3 Å². The topological polar surface area (TPSA) is 67.8 Å². The molecular weight excluding hydrogens is 190 g/mol. The maximum Gasteiger partial charge on any atom is 0.149 e. The number of nitrogen functional groups attached to an aromatic ring is 1. The minimum Gasteiger partial charge on any atom is -0.469 e. The van der Waals surface area contributed by atoms with Crippen LogP contribution in [0.5, 0.6) is 0 Å². The Labute approximate surface area is 88.5 Å². The molecule has 0 spiro atoms. The predicted molar refractivity (Wildman–Crippen MR) is 59.4 cm³/mol. The highest BCUT2D eigenvalue weighted by molar-refractivity contribution is 5.69. The van der Waals surface area contributed by atoms with Crippen LogP contribution in [0.2, 0.25) is 0 Å². The Bertz CT molecular complexity index is 456. The van der Waals surface area contributed by atoms with Crippen LogP contribution >= 0.6 is 0 Å². The fourth-order valence-corrected chi connectivity index (χ4v) is 1.75. The molecule has 80 valence electrons. The minimum absolute atomic E-state index is 0.590. The van der Waals surface area contributed by atoms with Gasteiger partial charge in [0.1, 0.15) is 11.6 Å². The molecule has 0 aliphatic carbocycles. The Morgan fingerprint density at radius 3 is 2.93 bits per heavy atom. The number of aromatic nitrogens is 2. The van der Waals surface area contributed by atoms with Crippen molar-refractivity contribution in [3.63, 3.8) is 0 Å². The van der Waals surface area contributed by atoms with Crippen molar-refractivity contribution in [1.82, 2.24) is 10.2 Å². The summed E-state index contributed by atoms with van der Waals surface area (Å²) in [7, 11) is 0. The zero-order valence-electron chi connectivity index (χ0n) is 9.00. The lowest BCUT2D eigenvalue weighted by Gasteiger charge is -2.00. The molecule has 2 heterocycles. The average Bonchev–Trinajstić information content (AvgIpc) is 2.76. The SMILES string of the molecule is CCCc1c(N)n[nH]c1-c1ccoc1C. The van der Waals surface area contributed by atoms with Gasteiger partial charge in [0.05, 0.1) is 12.0 Å². The van der Waals surface area contributed by atoms with Gasteiger partial charge in [-0.25, -0.2) is 0 Å². The van der Waals surface area contributed by atoms with Crippen molar-refractivity contribution in [2.45, 2.75) is 26.7 Å². The number of aryl methyl sites for hydroxylation is 1. The summed E-state index contributed by atoms with van der Waals surface area (Å²) in [5.74, 6) is 1.48. The van der Waals surface area contributed by atoms with Gasteiger partial charge in [-0.05, 0) is 19.4 Å². The molecular formula is C11H15N3O. The normalized spacial score (nSPS) is 10.8. The summed E-state index contributed by atoms with van der Waals surface area (Å²) in [5, 5.41) is 7.01. The number of nitrogens with one attached hydrogen (secondary N) is 1. The maximum absolute atomic E-state index is 5.81. The second kappa shape index (κ2) is 3.81. The molecule has 0 fully saturated rings. The number of aromatic amines is 1. The van der Waals surface area contributed by atoms with Crippen molar-refractivity contribution >= 4 is 5.82 Å². The molecule has 0 saturated carbocycles. The van der Waals surface area contributed by atoms with E-state index in [-0.39, 0.29) is 0 Å². The first-order chi connectivity index (χ1) is 7.24. The van der Waals surface area contributed by atoms with E-state index in [9.17, 15) is 0 Å². The number of H-pyrrole nitrogens is 1. The van der Waals surface area contributed by atoms with Crippen LogP contribution in [0, 0.1) is 6.92 Å². The Morgan fingerprint density at radius 2 is 2.33 bits per heavy atom. The molecule has 4 nitrogen and oxygen atoms in total. The first kappa shape index (κ1) is 9.83. The molecule has 0 atom stereocenters. The van der Waals surface area contributed by atoms with Crippen LogP contribution in [0.3, 0.4) is 0 Å². The van der Waals surface area contributed by atoms with Crippen LogP contribution in [0.15, 0.2) is 16.7 Å². The number of nitrogens with two attached hydrogens (primary N) is 1. The fraction of sp³-hybridized carbons (Fsp3) is 0.364. The summed E-state index contributed by atoms with van der Waals surface area (Å²) < 4.78 is 5.27. The monoisotopic (exact) mass is 205 g/mol. The van der Waals surface area contributed by atoms with E-state index in [1.807, 2.05) is 13.0 Å². The van der Waals surface area contributed by atoms with E-state index in [0.717, 1.165) is 35.4 Å². The van der Waals surface area contributed by atoms with Crippen LogP contribution in [0.1, 0.15) is 24.7 Å². The molecule has 2 rings (SSSR count). The quantitative estimate of drug-likeness (QED) is 0.809. The van der Waals surface area contributed by atoms with Gasteiger partial charge in [-0.2, -0.15) is 5.10 Å². The van der Waals surface area contributed by atoms with Gasteiger partial charge in [0.25, 0.3) is 0 Å². The highest BCUT2D eigenvalue weighted by atomic mass is 16.3. The average molecular weight is 205 g/mol. The summed E-state index contributed by atoms with van der Waals surface area (Å²) in [6, 6.07) is 1.93. The third-order valence-corrected chi connectivity index (χ3v) is 2.53. The van der Waals surface area contributed by atoms with Crippen molar-refractivity contribution in [3.8, 4) is 11.3 Å². The van der Waals surface area contributed by atoms with E-state index in [1.165, 1.54) is 0 Å². The van der Waals surface area contributed by atoms with Crippen molar-refractivity contribution in [1.29, 1.82) is 0 Å². The van der Waals surface area contributed by atoms with Gasteiger partial charge in [0.2, 0.25) is 0 Å². The molecule has 0 amide bonds. The van der Waals surface area contributed by atoms with Gasteiger partial charge >= 0.3 is 0 Å². The molecule has 3 N–H and O–H groups in total. The van der Waals surface area contributed by atoms with Crippen molar-refractivity contribution in [2.75, 3.05) is 5.73 Å². The van der Waals surface area contributed by atoms with Crippen LogP contribution in [0.4, 0.5) is 5.82 Å². The maximum atomic E-state index is 5.81. The second-order valence-electron chi connectivity index (χ2n) is 3.60. The number of hydrogen-bond donors (Lipinski definition) is 2. The van der Waals surface area contributed by atoms with E-state index in [4.69, 9.17) is 10.2 Å². The summed E-state index contributed by atoms with van der Waals surface area (Å²) >= 11 is 0. The number of rotatable bonds is 3. The first-order valence-electron chi connectivity index (χ1n) is 5.11. The molecule has 0 bridgehead atoms. The van der Waals surface area contributed by atoms with Gasteiger partial charge in [-0.15, -0.1) is 0 Å². The molecule has 0 aromatic carbocycles. The number of hydrogen-bond acceptors (Lipinski definition) is 3. The van der Waals surface area contributed by atoms with E-state index >= 15 is 0 Å². The lowest BCUT2D eigenvalue weighted by atomic mass is 10.1. The second-order valence-corrected chi connectivity index (χ2v) is 3.60. The molecule has 4 heteroatoms. The van der Waals surface area contributed by atoms with E-state index in [1.54, 1.807) is 6.26 Å². The van der Waals surface area contributed by atoms with Gasteiger partial charge < -0.3 is 10.2 Å². The molecule has 2 aromatic rings. The highest BCUT2D eigenvalue weighted by Gasteiger charge is 2.14. The third-order valence-electron chi connectivity index (χ3n) is 2.53. The van der Waals surface area contributed by atoms with Crippen molar-refractivity contribution in [2.24, 2.45) is 0 Å². The van der Waals surface area contributed by atoms with E-state index in [0.29, 0.717) is 5.82 Å². The van der Waals surface area contributed by atoms with E-state index < -0.39 is 0 Å². The molecule has 0 saturated heterocycles.